The van der Waals surface area contributed by atoms with Crippen LogP contribution in [0.3, 0.4) is 0 Å². The molecule has 118 valence electrons. The molecule has 0 radical (unpaired) electrons. The van der Waals surface area contributed by atoms with Crippen LogP contribution in [-0.4, -0.2) is 31.1 Å². The number of para-hydroxylation sites is 1. The van der Waals surface area contributed by atoms with Gasteiger partial charge in [0.25, 0.3) is 5.91 Å². The van der Waals surface area contributed by atoms with Gasteiger partial charge in [0.05, 0.1) is 21.5 Å². The number of nitrogens with zero attached hydrogens (tertiary/aromatic N) is 5. The topological polar surface area (TPSA) is 85.6 Å². The van der Waals surface area contributed by atoms with Crippen molar-refractivity contribution < 1.29 is 4.79 Å². The van der Waals surface area contributed by atoms with Crippen LogP contribution in [0.15, 0.2) is 48.8 Å². The molecule has 1 amide bonds. The predicted octanol–water partition coefficient (Wildman–Crippen LogP) is 3.18. The highest BCUT2D eigenvalue weighted by Gasteiger charge is 2.16. The first kappa shape index (κ1) is 14.7. The van der Waals surface area contributed by atoms with Crippen LogP contribution in [0.4, 0.5) is 5.13 Å². The third-order valence-corrected chi connectivity index (χ3v) is 4.50. The molecule has 9 heteroatoms. The van der Waals surface area contributed by atoms with Crippen molar-refractivity contribution in [3.63, 3.8) is 0 Å². The minimum atomic E-state index is -0.309. The van der Waals surface area contributed by atoms with Crippen molar-refractivity contribution in [2.45, 2.75) is 0 Å². The molecule has 0 aliphatic carbocycles. The Kier molecular flexibility index (Phi) is 3.68. The van der Waals surface area contributed by atoms with E-state index in [2.05, 4.69) is 25.8 Å². The van der Waals surface area contributed by atoms with E-state index in [1.54, 1.807) is 18.2 Å². The molecule has 0 aliphatic heterocycles. The number of tetrazole rings is 1. The van der Waals surface area contributed by atoms with Crippen LogP contribution in [0.5, 0.6) is 0 Å². The van der Waals surface area contributed by atoms with Gasteiger partial charge in [-0.2, -0.15) is 4.68 Å². The minimum absolute atomic E-state index is 0.309. The molecule has 0 bridgehead atoms. The zero-order valence-corrected chi connectivity index (χ0v) is 13.6. The quantitative estimate of drug-likeness (QED) is 0.609. The zero-order valence-electron chi connectivity index (χ0n) is 12.0. The van der Waals surface area contributed by atoms with Crippen molar-refractivity contribution in [1.29, 1.82) is 0 Å². The second-order valence-corrected chi connectivity index (χ2v) is 6.32. The maximum atomic E-state index is 12.6. The highest BCUT2D eigenvalue weighted by atomic mass is 35.5. The van der Waals surface area contributed by atoms with E-state index >= 15 is 0 Å². The van der Waals surface area contributed by atoms with Crippen LogP contribution in [0.25, 0.3) is 15.9 Å². The number of hydrogen-bond donors (Lipinski definition) is 1. The summed E-state index contributed by atoms with van der Waals surface area (Å²) >= 11 is 7.44. The molecule has 0 unspecified atom stereocenters. The Morgan fingerprint density at radius 1 is 1.21 bits per heavy atom. The highest BCUT2D eigenvalue weighted by Crippen LogP contribution is 2.27. The molecule has 4 aromatic rings. The van der Waals surface area contributed by atoms with Crippen molar-refractivity contribution in [3.05, 3.63) is 59.4 Å². The van der Waals surface area contributed by atoms with E-state index in [-0.39, 0.29) is 5.91 Å². The smallest absolute Gasteiger partial charge is 0.259 e. The zero-order chi connectivity index (χ0) is 16.5. The average Bonchev–Trinajstić information content (AvgIpc) is 3.23. The van der Waals surface area contributed by atoms with Gasteiger partial charge in [-0.15, -0.1) is 5.10 Å². The Morgan fingerprint density at radius 3 is 2.88 bits per heavy atom. The third-order valence-electron chi connectivity index (χ3n) is 3.31. The number of fused-ring (bicyclic) bond motifs is 1. The Hall–Kier alpha value is -2.84. The van der Waals surface area contributed by atoms with E-state index in [4.69, 9.17) is 11.6 Å². The first-order valence-electron chi connectivity index (χ1n) is 6.90. The number of hydrogen-bond acceptors (Lipinski definition) is 6. The van der Waals surface area contributed by atoms with E-state index in [0.29, 0.717) is 21.4 Å². The number of thiazole rings is 1. The van der Waals surface area contributed by atoms with Crippen molar-refractivity contribution in [2.75, 3.05) is 5.32 Å². The van der Waals surface area contributed by atoms with Gasteiger partial charge in [0.2, 0.25) is 0 Å². The predicted molar refractivity (Wildman–Crippen MR) is 91.7 cm³/mol. The molecule has 7 nitrogen and oxygen atoms in total. The molecule has 0 saturated heterocycles. The molecule has 2 aromatic carbocycles. The number of carbonyl (C=O) groups is 1. The number of halogens is 1. The lowest BCUT2D eigenvalue weighted by atomic mass is 10.1. The molecule has 1 N–H and O–H groups in total. The van der Waals surface area contributed by atoms with E-state index in [9.17, 15) is 4.79 Å². The molecule has 4 rings (SSSR count). The lowest BCUT2D eigenvalue weighted by molar-refractivity contribution is 0.102. The average molecular weight is 357 g/mol. The molecule has 24 heavy (non-hydrogen) atoms. The van der Waals surface area contributed by atoms with Gasteiger partial charge in [-0.3, -0.25) is 10.1 Å². The van der Waals surface area contributed by atoms with Gasteiger partial charge >= 0.3 is 0 Å². The Bertz CT molecular complexity index is 997. The summed E-state index contributed by atoms with van der Waals surface area (Å²) in [6.45, 7) is 0. The fourth-order valence-corrected chi connectivity index (χ4v) is 3.28. The standard InChI is InChI=1S/C15H9ClN6OS/c16-9-5-6-10(12(7-9)22-8-17-20-21-22)14(23)19-15-18-11-3-1-2-4-13(11)24-15/h1-8H,(H,18,19,23). The molecule has 2 aromatic heterocycles. The SMILES string of the molecule is O=C(Nc1nc2ccccc2s1)c1ccc(Cl)cc1-n1cnnn1. The number of carbonyl (C=O) groups excluding carboxylic acids is 1. The maximum absolute atomic E-state index is 12.6. The number of aromatic nitrogens is 5. The van der Waals surface area contributed by atoms with Crippen LogP contribution in [0.2, 0.25) is 5.02 Å². The molecule has 0 aliphatic rings. The second kappa shape index (κ2) is 5.99. The summed E-state index contributed by atoms with van der Waals surface area (Å²) in [5, 5.41) is 14.8. The van der Waals surface area contributed by atoms with Gasteiger partial charge in [-0.1, -0.05) is 35.1 Å². The van der Waals surface area contributed by atoms with Gasteiger partial charge in [0, 0.05) is 5.02 Å². The van der Waals surface area contributed by atoms with Gasteiger partial charge in [0.15, 0.2) is 5.13 Å². The van der Waals surface area contributed by atoms with Crippen LogP contribution in [0, 0.1) is 0 Å². The fourth-order valence-electron chi connectivity index (χ4n) is 2.25. The summed E-state index contributed by atoms with van der Waals surface area (Å²) in [7, 11) is 0. The van der Waals surface area contributed by atoms with Crippen LogP contribution in [-0.2, 0) is 0 Å². The Morgan fingerprint density at radius 2 is 2.08 bits per heavy atom. The van der Waals surface area contributed by atoms with Crippen molar-refractivity contribution in [1.82, 2.24) is 25.2 Å². The number of benzene rings is 2. The van der Waals surface area contributed by atoms with Crippen molar-refractivity contribution >= 4 is 44.2 Å². The molecule has 0 atom stereocenters. The normalized spacial score (nSPS) is 10.9. The molecular formula is C15H9ClN6OS. The molecule has 0 fully saturated rings. The summed E-state index contributed by atoms with van der Waals surface area (Å²) in [4.78, 5) is 17.1. The van der Waals surface area contributed by atoms with Gasteiger partial charge < -0.3 is 0 Å². The van der Waals surface area contributed by atoms with E-state index in [1.165, 1.54) is 22.3 Å². The van der Waals surface area contributed by atoms with Gasteiger partial charge in [-0.25, -0.2) is 4.98 Å². The summed E-state index contributed by atoms with van der Waals surface area (Å²) in [6, 6.07) is 12.6. The number of anilines is 1. The fraction of sp³-hybridized carbons (Fsp3) is 0. The molecule has 2 heterocycles. The summed E-state index contributed by atoms with van der Waals surface area (Å²) < 4.78 is 2.39. The van der Waals surface area contributed by atoms with E-state index in [0.717, 1.165) is 10.2 Å². The summed E-state index contributed by atoms with van der Waals surface area (Å²) in [5.41, 5.74) is 1.73. The molecule has 0 spiro atoms. The maximum Gasteiger partial charge on any atom is 0.259 e. The van der Waals surface area contributed by atoms with Crippen LogP contribution < -0.4 is 5.32 Å². The number of rotatable bonds is 3. The lowest BCUT2D eigenvalue weighted by Gasteiger charge is -2.08. The van der Waals surface area contributed by atoms with Gasteiger partial charge in [0.1, 0.15) is 6.33 Å². The van der Waals surface area contributed by atoms with Crippen LogP contribution >= 0.6 is 22.9 Å². The Labute approximate surface area is 144 Å². The van der Waals surface area contributed by atoms with E-state index in [1.807, 2.05) is 24.3 Å². The monoisotopic (exact) mass is 356 g/mol. The van der Waals surface area contributed by atoms with E-state index < -0.39 is 0 Å². The first-order valence-corrected chi connectivity index (χ1v) is 8.10. The highest BCUT2D eigenvalue weighted by molar-refractivity contribution is 7.22. The molecular weight excluding hydrogens is 348 g/mol. The Balaban J connectivity index is 1.69. The first-order chi connectivity index (χ1) is 11.7. The second-order valence-electron chi connectivity index (χ2n) is 4.86. The molecule has 0 saturated carbocycles. The van der Waals surface area contributed by atoms with Gasteiger partial charge in [-0.05, 0) is 40.8 Å². The minimum Gasteiger partial charge on any atom is -0.298 e. The number of amides is 1. The van der Waals surface area contributed by atoms with Crippen molar-refractivity contribution in [3.8, 4) is 5.69 Å². The van der Waals surface area contributed by atoms with Crippen LogP contribution in [0.1, 0.15) is 10.4 Å². The summed E-state index contributed by atoms with van der Waals surface area (Å²) in [5.74, 6) is -0.309. The summed E-state index contributed by atoms with van der Waals surface area (Å²) in [6.07, 6.45) is 1.40. The largest absolute Gasteiger partial charge is 0.298 e. The lowest BCUT2D eigenvalue weighted by Crippen LogP contribution is -2.15. The van der Waals surface area contributed by atoms with Crippen molar-refractivity contribution in [2.24, 2.45) is 0 Å². The third kappa shape index (κ3) is 2.72. The number of nitrogens with one attached hydrogen (secondary N) is 1.